The van der Waals surface area contributed by atoms with Crippen LogP contribution in [-0.2, 0) is 0 Å². The number of hydrogen-bond acceptors (Lipinski definition) is 5. The van der Waals surface area contributed by atoms with Crippen molar-refractivity contribution in [1.82, 2.24) is 0 Å². The van der Waals surface area contributed by atoms with E-state index >= 15 is 0 Å². The number of nitrogens with one attached hydrogen (secondary N) is 1. The zero-order chi connectivity index (χ0) is 14.0. The highest BCUT2D eigenvalue weighted by atomic mass is 16.5. The zero-order valence-corrected chi connectivity index (χ0v) is 10.6. The summed E-state index contributed by atoms with van der Waals surface area (Å²) in [4.78, 5) is 22.8. The van der Waals surface area contributed by atoms with Crippen LogP contribution in [0.3, 0.4) is 0 Å². The second-order valence-electron chi connectivity index (χ2n) is 4.06. The average molecular weight is 256 g/mol. The molecule has 0 aliphatic heterocycles. The molecule has 96 valence electrons. The number of anilines is 2. The highest BCUT2D eigenvalue weighted by Crippen LogP contribution is 2.25. The van der Waals surface area contributed by atoms with E-state index < -0.39 is 10.9 Å². The van der Waals surface area contributed by atoms with Gasteiger partial charge in [0.1, 0.15) is 5.69 Å². The molecule has 0 amide bonds. The van der Waals surface area contributed by atoms with Gasteiger partial charge in [0.25, 0.3) is 10.9 Å². The summed E-state index contributed by atoms with van der Waals surface area (Å²) in [6.07, 6.45) is 0. The van der Waals surface area contributed by atoms with E-state index in [1.807, 2.05) is 13.0 Å². The molecule has 1 N–H and O–H groups in total. The largest absolute Gasteiger partial charge is 0.488 e. The van der Waals surface area contributed by atoms with Crippen molar-refractivity contribution >= 4 is 11.4 Å². The number of nitriles is 1. The van der Waals surface area contributed by atoms with Gasteiger partial charge in [-0.25, -0.2) is 0 Å². The first-order valence-electron chi connectivity index (χ1n) is 5.82. The number of benzene rings is 1. The molecule has 5 heteroatoms. The van der Waals surface area contributed by atoms with Gasteiger partial charge in [0.2, 0.25) is 0 Å². The van der Waals surface area contributed by atoms with Crippen molar-refractivity contribution in [2.75, 3.05) is 11.9 Å². The third-order valence-corrected chi connectivity index (χ3v) is 2.77. The Kier molecular flexibility index (Phi) is 3.34. The van der Waals surface area contributed by atoms with Crippen molar-refractivity contribution in [2.45, 2.75) is 13.8 Å². The summed E-state index contributed by atoms with van der Waals surface area (Å²) < 4.78 is 5.12. The van der Waals surface area contributed by atoms with E-state index in [1.54, 1.807) is 25.1 Å². The molecule has 5 nitrogen and oxygen atoms in total. The third kappa shape index (κ3) is 2.20. The molecule has 0 saturated carbocycles. The molecule has 0 fully saturated rings. The molecule has 0 unspecified atom stereocenters. The minimum Gasteiger partial charge on any atom is -0.488 e. The van der Waals surface area contributed by atoms with Crippen LogP contribution in [-0.4, -0.2) is 6.61 Å². The molecule has 2 aromatic rings. The van der Waals surface area contributed by atoms with Crippen LogP contribution in [0.5, 0.6) is 5.75 Å². The maximum atomic E-state index is 11.5. The second-order valence-corrected chi connectivity index (χ2v) is 4.06. The van der Waals surface area contributed by atoms with E-state index in [4.69, 9.17) is 10.00 Å². The van der Waals surface area contributed by atoms with E-state index in [9.17, 15) is 9.59 Å². The molecule has 0 bridgehead atoms. The van der Waals surface area contributed by atoms with Gasteiger partial charge in [0.05, 0.1) is 18.2 Å². The van der Waals surface area contributed by atoms with Crippen LogP contribution in [0.25, 0.3) is 0 Å². The van der Waals surface area contributed by atoms with Gasteiger partial charge in [-0.1, -0.05) is 0 Å². The van der Waals surface area contributed by atoms with E-state index in [1.165, 1.54) is 0 Å². The molecule has 0 aliphatic rings. The predicted molar refractivity (Wildman–Crippen MR) is 71.7 cm³/mol. The quantitative estimate of drug-likeness (QED) is 0.840. The van der Waals surface area contributed by atoms with Crippen LogP contribution < -0.4 is 20.9 Å². The molecule has 0 aliphatic carbocycles. The molecule has 19 heavy (non-hydrogen) atoms. The van der Waals surface area contributed by atoms with Crippen molar-refractivity contribution in [3.63, 3.8) is 0 Å². The molecular formula is C14H12N2O3. The zero-order valence-electron chi connectivity index (χ0n) is 10.6. The first kappa shape index (κ1) is 12.8. The van der Waals surface area contributed by atoms with Crippen LogP contribution >= 0.6 is 0 Å². The molecule has 2 aromatic carbocycles. The van der Waals surface area contributed by atoms with Crippen molar-refractivity contribution in [3.8, 4) is 11.8 Å². The van der Waals surface area contributed by atoms with Gasteiger partial charge in [-0.2, -0.15) is 5.26 Å². The van der Waals surface area contributed by atoms with Gasteiger partial charge in [-0.3, -0.25) is 9.59 Å². The van der Waals surface area contributed by atoms with Gasteiger partial charge >= 0.3 is 0 Å². The fourth-order valence-corrected chi connectivity index (χ4v) is 1.77. The SMILES string of the molecule is CCOc1c(Nc2ccc(C#N)cc2C)c(=O)c1=O. The average Bonchev–Trinajstić information content (AvgIpc) is 2.43. The summed E-state index contributed by atoms with van der Waals surface area (Å²) in [6, 6.07) is 7.07. The van der Waals surface area contributed by atoms with Gasteiger partial charge in [-0.15, -0.1) is 0 Å². The molecule has 0 radical (unpaired) electrons. The Morgan fingerprint density at radius 2 is 2.05 bits per heavy atom. The minimum atomic E-state index is -0.601. The molecule has 0 heterocycles. The van der Waals surface area contributed by atoms with E-state index in [-0.39, 0.29) is 11.4 Å². The lowest BCUT2D eigenvalue weighted by atomic mass is 10.1. The summed E-state index contributed by atoms with van der Waals surface area (Å²) in [6.45, 7) is 3.88. The molecule has 0 saturated heterocycles. The summed E-state index contributed by atoms with van der Waals surface area (Å²) in [5.41, 5.74) is 1.03. The summed E-state index contributed by atoms with van der Waals surface area (Å²) in [5, 5.41) is 11.7. The first-order valence-corrected chi connectivity index (χ1v) is 5.82. The monoisotopic (exact) mass is 256 g/mol. The van der Waals surface area contributed by atoms with Gasteiger partial charge in [0, 0.05) is 5.69 Å². The van der Waals surface area contributed by atoms with Crippen molar-refractivity contribution in [1.29, 1.82) is 5.26 Å². The lowest BCUT2D eigenvalue weighted by Gasteiger charge is -2.14. The van der Waals surface area contributed by atoms with Gasteiger partial charge in [-0.05, 0) is 37.6 Å². The van der Waals surface area contributed by atoms with Crippen LogP contribution in [0, 0.1) is 18.3 Å². The molecule has 0 aromatic heterocycles. The maximum Gasteiger partial charge on any atom is 0.272 e. The second kappa shape index (κ2) is 4.94. The Hall–Kier alpha value is -2.61. The normalized spacial score (nSPS) is 10.2. The van der Waals surface area contributed by atoms with Crippen molar-refractivity contribution in [2.24, 2.45) is 0 Å². The Balaban J connectivity index is 2.33. The highest BCUT2D eigenvalue weighted by molar-refractivity contribution is 5.72. The standard InChI is InChI=1S/C14H12N2O3/c1-3-19-14-11(12(17)13(14)18)16-10-5-4-9(7-15)6-8(10)2/h4-6,16H,3H2,1-2H3. The summed E-state index contributed by atoms with van der Waals surface area (Å²) in [7, 11) is 0. The summed E-state index contributed by atoms with van der Waals surface area (Å²) in [5.74, 6) is 0.0799. The topological polar surface area (TPSA) is 79.2 Å². The first-order chi connectivity index (χ1) is 9.08. The Labute approximate surface area is 109 Å². The van der Waals surface area contributed by atoms with Crippen LogP contribution in [0.1, 0.15) is 18.1 Å². The summed E-state index contributed by atoms with van der Waals surface area (Å²) >= 11 is 0. The number of ether oxygens (including phenoxy) is 1. The molecule has 0 spiro atoms. The van der Waals surface area contributed by atoms with E-state index in [2.05, 4.69) is 5.32 Å². The molecule has 2 rings (SSSR count). The smallest absolute Gasteiger partial charge is 0.272 e. The minimum absolute atomic E-state index is 0.0799. The van der Waals surface area contributed by atoms with Crippen molar-refractivity contribution in [3.05, 3.63) is 49.8 Å². The van der Waals surface area contributed by atoms with Crippen molar-refractivity contribution < 1.29 is 4.74 Å². The molecule has 0 atom stereocenters. The maximum absolute atomic E-state index is 11.5. The fraction of sp³-hybridized carbons (Fsp3) is 0.214. The fourth-order valence-electron chi connectivity index (χ4n) is 1.77. The lowest BCUT2D eigenvalue weighted by Crippen LogP contribution is -2.35. The predicted octanol–water partition coefficient (Wildman–Crippen LogP) is 1.60. The van der Waals surface area contributed by atoms with Gasteiger partial charge in [0.15, 0.2) is 5.75 Å². The lowest BCUT2D eigenvalue weighted by molar-refractivity contribution is 0.335. The Morgan fingerprint density at radius 3 is 2.63 bits per heavy atom. The third-order valence-electron chi connectivity index (χ3n) is 2.77. The van der Waals surface area contributed by atoms with Crippen LogP contribution in [0.2, 0.25) is 0 Å². The molecular weight excluding hydrogens is 244 g/mol. The Morgan fingerprint density at radius 1 is 1.32 bits per heavy atom. The number of rotatable bonds is 4. The van der Waals surface area contributed by atoms with Crippen LogP contribution in [0.4, 0.5) is 11.4 Å². The number of aryl methyl sites for hydroxylation is 1. The van der Waals surface area contributed by atoms with Crippen LogP contribution in [0.15, 0.2) is 27.8 Å². The Bertz CT molecular complexity index is 734. The van der Waals surface area contributed by atoms with E-state index in [0.717, 1.165) is 5.56 Å². The number of nitrogens with zero attached hydrogens (tertiary/aromatic N) is 1. The van der Waals surface area contributed by atoms with E-state index in [0.29, 0.717) is 17.9 Å². The highest BCUT2D eigenvalue weighted by Gasteiger charge is 2.22. The number of hydrogen-bond donors (Lipinski definition) is 1. The van der Waals surface area contributed by atoms with Gasteiger partial charge < -0.3 is 10.1 Å².